The number of rotatable bonds is 7. The van der Waals surface area contributed by atoms with E-state index in [4.69, 9.17) is 0 Å². The van der Waals surface area contributed by atoms with Gasteiger partial charge in [0.05, 0.1) is 0 Å². The summed E-state index contributed by atoms with van der Waals surface area (Å²) < 4.78 is 13.7. The van der Waals surface area contributed by atoms with Gasteiger partial charge in [-0.2, -0.15) is 0 Å². The van der Waals surface area contributed by atoms with Crippen LogP contribution < -0.4 is 0 Å². The van der Waals surface area contributed by atoms with E-state index in [1.165, 1.54) is 0 Å². The summed E-state index contributed by atoms with van der Waals surface area (Å²) in [6.45, 7) is 8.41. The molecule has 0 amide bonds. The maximum Gasteiger partial charge on any atom is 0.121 e. The van der Waals surface area contributed by atoms with Crippen LogP contribution in [0, 0.1) is 11.8 Å². The summed E-state index contributed by atoms with van der Waals surface area (Å²) in [5, 5.41) is 0. The number of allylic oxidation sites excluding steroid dienone is 2. The van der Waals surface area contributed by atoms with E-state index < -0.39 is 6.17 Å². The Bertz CT molecular complexity index is 151. The van der Waals surface area contributed by atoms with Crippen molar-refractivity contribution in [2.24, 2.45) is 11.8 Å². The minimum Gasteiger partial charge on any atom is -0.243 e. The van der Waals surface area contributed by atoms with E-state index in [0.717, 1.165) is 25.7 Å². The summed E-state index contributed by atoms with van der Waals surface area (Å²) in [6, 6.07) is 0. The molecule has 0 radical (unpaired) electrons. The smallest absolute Gasteiger partial charge is 0.121 e. The van der Waals surface area contributed by atoms with Crippen LogP contribution in [-0.4, -0.2) is 6.17 Å². The van der Waals surface area contributed by atoms with Crippen molar-refractivity contribution in [2.45, 2.75) is 59.5 Å². The van der Waals surface area contributed by atoms with Gasteiger partial charge in [0.25, 0.3) is 0 Å². The highest BCUT2D eigenvalue weighted by atomic mass is 19.1. The predicted molar refractivity (Wildman–Crippen MR) is 62.2 cm³/mol. The van der Waals surface area contributed by atoms with Crippen molar-refractivity contribution in [3.63, 3.8) is 0 Å². The highest BCUT2D eigenvalue weighted by Gasteiger charge is 2.19. The van der Waals surface area contributed by atoms with Crippen LogP contribution in [0.15, 0.2) is 12.2 Å². The first kappa shape index (κ1) is 13.7. The van der Waals surface area contributed by atoms with E-state index >= 15 is 0 Å². The van der Waals surface area contributed by atoms with Crippen molar-refractivity contribution >= 4 is 0 Å². The van der Waals surface area contributed by atoms with Gasteiger partial charge < -0.3 is 0 Å². The summed E-state index contributed by atoms with van der Waals surface area (Å²) in [6.07, 6.45) is 7.05. The quantitative estimate of drug-likeness (QED) is 0.520. The molecule has 0 aliphatic rings. The Balaban J connectivity index is 4.12. The molecular formula is C13H25F. The Kier molecular flexibility index (Phi) is 7.83. The summed E-state index contributed by atoms with van der Waals surface area (Å²) in [7, 11) is 0. The Hall–Kier alpha value is -0.330. The van der Waals surface area contributed by atoms with Crippen LogP contribution in [-0.2, 0) is 0 Å². The lowest BCUT2D eigenvalue weighted by atomic mass is 9.87. The van der Waals surface area contributed by atoms with E-state index in [1.807, 2.05) is 13.0 Å². The molecule has 0 nitrogen and oxygen atoms in total. The maximum atomic E-state index is 13.7. The van der Waals surface area contributed by atoms with Gasteiger partial charge in [0.2, 0.25) is 0 Å². The zero-order valence-electron chi connectivity index (χ0n) is 10.1. The fraction of sp³-hybridized carbons (Fsp3) is 0.846. The van der Waals surface area contributed by atoms with Crippen molar-refractivity contribution in [3.8, 4) is 0 Å². The molecule has 0 fully saturated rings. The van der Waals surface area contributed by atoms with Gasteiger partial charge in [-0.1, -0.05) is 45.8 Å². The van der Waals surface area contributed by atoms with E-state index in [2.05, 4.69) is 20.8 Å². The van der Waals surface area contributed by atoms with Crippen molar-refractivity contribution in [1.29, 1.82) is 0 Å². The number of hydrogen-bond acceptors (Lipinski definition) is 0. The van der Waals surface area contributed by atoms with Crippen LogP contribution in [0.1, 0.15) is 53.4 Å². The molecule has 0 heterocycles. The molecule has 84 valence electrons. The third-order valence-electron chi connectivity index (χ3n) is 2.89. The zero-order chi connectivity index (χ0) is 11.0. The lowest BCUT2D eigenvalue weighted by Crippen LogP contribution is -2.16. The average molecular weight is 200 g/mol. The first-order chi connectivity index (χ1) is 6.65. The molecule has 0 bridgehead atoms. The molecule has 0 aliphatic heterocycles. The summed E-state index contributed by atoms with van der Waals surface area (Å²) in [4.78, 5) is 0. The lowest BCUT2D eigenvalue weighted by molar-refractivity contribution is 0.225. The average Bonchev–Trinajstić information content (AvgIpc) is 2.17. The van der Waals surface area contributed by atoms with Crippen molar-refractivity contribution in [2.75, 3.05) is 0 Å². The van der Waals surface area contributed by atoms with Crippen LogP contribution in [0.3, 0.4) is 0 Å². The summed E-state index contributed by atoms with van der Waals surface area (Å²) in [5.41, 5.74) is 0. The first-order valence-corrected chi connectivity index (χ1v) is 5.92. The summed E-state index contributed by atoms with van der Waals surface area (Å²) >= 11 is 0. The molecule has 0 N–H and O–H groups in total. The van der Waals surface area contributed by atoms with Gasteiger partial charge in [-0.05, 0) is 31.6 Å². The van der Waals surface area contributed by atoms with Gasteiger partial charge in [-0.15, -0.1) is 0 Å². The monoisotopic (exact) mass is 200 g/mol. The molecule has 3 atom stereocenters. The molecule has 0 spiro atoms. The van der Waals surface area contributed by atoms with Gasteiger partial charge in [0.15, 0.2) is 0 Å². The Labute approximate surface area is 88.6 Å². The third-order valence-corrected chi connectivity index (χ3v) is 2.89. The first-order valence-electron chi connectivity index (χ1n) is 5.92. The van der Waals surface area contributed by atoms with Gasteiger partial charge in [-0.3, -0.25) is 0 Å². The predicted octanol–water partition coefficient (Wildman–Crippen LogP) is 4.75. The van der Waals surface area contributed by atoms with Gasteiger partial charge in [0, 0.05) is 0 Å². The van der Waals surface area contributed by atoms with Crippen LogP contribution in [0.25, 0.3) is 0 Å². The second kappa shape index (κ2) is 8.02. The molecular weight excluding hydrogens is 175 g/mol. The Morgan fingerprint density at radius 2 is 1.93 bits per heavy atom. The molecule has 0 aromatic carbocycles. The van der Waals surface area contributed by atoms with Gasteiger partial charge in [-0.25, -0.2) is 4.39 Å². The third kappa shape index (κ3) is 5.41. The van der Waals surface area contributed by atoms with Crippen LogP contribution in [0.4, 0.5) is 4.39 Å². The topological polar surface area (TPSA) is 0 Å². The number of halogens is 1. The number of hydrogen-bond donors (Lipinski definition) is 0. The second-order valence-corrected chi connectivity index (χ2v) is 4.27. The molecule has 0 aromatic heterocycles. The van der Waals surface area contributed by atoms with E-state index in [-0.39, 0.29) is 5.92 Å². The van der Waals surface area contributed by atoms with Crippen LogP contribution >= 0.6 is 0 Å². The van der Waals surface area contributed by atoms with Gasteiger partial charge >= 0.3 is 0 Å². The molecule has 0 aliphatic carbocycles. The van der Waals surface area contributed by atoms with Crippen molar-refractivity contribution in [1.82, 2.24) is 0 Å². The van der Waals surface area contributed by atoms with Crippen molar-refractivity contribution < 1.29 is 4.39 Å². The fourth-order valence-corrected chi connectivity index (χ4v) is 1.80. The van der Waals surface area contributed by atoms with Gasteiger partial charge in [0.1, 0.15) is 6.17 Å². The van der Waals surface area contributed by atoms with Crippen LogP contribution in [0.2, 0.25) is 0 Å². The Morgan fingerprint density at radius 3 is 2.36 bits per heavy atom. The van der Waals surface area contributed by atoms with E-state index in [1.54, 1.807) is 6.08 Å². The lowest BCUT2D eigenvalue weighted by Gasteiger charge is -2.21. The molecule has 1 heteroatoms. The van der Waals surface area contributed by atoms with Crippen LogP contribution in [0.5, 0.6) is 0 Å². The van der Waals surface area contributed by atoms with Crippen molar-refractivity contribution in [3.05, 3.63) is 12.2 Å². The maximum absolute atomic E-state index is 13.7. The zero-order valence-corrected chi connectivity index (χ0v) is 10.1. The SMILES string of the molecule is C/C=C/C(F)C(CCC)CC(C)CC. The molecule has 0 saturated heterocycles. The molecule has 0 aromatic rings. The highest BCUT2D eigenvalue weighted by Crippen LogP contribution is 2.25. The molecule has 0 saturated carbocycles. The largest absolute Gasteiger partial charge is 0.243 e. The normalized spacial score (nSPS) is 18.4. The molecule has 3 unspecified atom stereocenters. The van der Waals surface area contributed by atoms with E-state index in [9.17, 15) is 4.39 Å². The number of alkyl halides is 1. The molecule has 0 rings (SSSR count). The second-order valence-electron chi connectivity index (χ2n) is 4.27. The Morgan fingerprint density at radius 1 is 1.29 bits per heavy atom. The molecule has 14 heavy (non-hydrogen) atoms. The van der Waals surface area contributed by atoms with E-state index in [0.29, 0.717) is 5.92 Å². The standard InChI is InChI=1S/C13H25F/c1-5-8-12(10-11(4)7-3)13(14)9-6-2/h6,9,11-13H,5,7-8,10H2,1-4H3/b9-6+. The summed E-state index contributed by atoms with van der Waals surface area (Å²) in [5.74, 6) is 0.876. The highest BCUT2D eigenvalue weighted by molar-refractivity contribution is 4.90. The fourth-order valence-electron chi connectivity index (χ4n) is 1.80. The minimum absolute atomic E-state index is 0.228. The minimum atomic E-state index is -0.742.